The van der Waals surface area contributed by atoms with Crippen molar-refractivity contribution in [3.63, 3.8) is 0 Å². The maximum atomic E-state index is 12.2. The molecule has 0 saturated heterocycles. The molecule has 0 bridgehead atoms. The van der Waals surface area contributed by atoms with Gasteiger partial charge in [-0.2, -0.15) is 0 Å². The van der Waals surface area contributed by atoms with Gasteiger partial charge in [0.05, 0.1) is 12.3 Å². The Bertz CT molecular complexity index is 655. The van der Waals surface area contributed by atoms with Gasteiger partial charge in [-0.05, 0) is 37.8 Å². The van der Waals surface area contributed by atoms with Crippen molar-refractivity contribution in [2.75, 3.05) is 13.1 Å². The van der Waals surface area contributed by atoms with Gasteiger partial charge < -0.3 is 10.6 Å². The summed E-state index contributed by atoms with van der Waals surface area (Å²) in [5.74, 6) is 1.23. The van der Waals surface area contributed by atoms with Crippen LogP contribution in [0.5, 0.6) is 0 Å². The Morgan fingerprint density at radius 3 is 2.28 bits per heavy atom. The molecule has 0 aromatic heterocycles. The molecule has 1 aromatic rings. The van der Waals surface area contributed by atoms with Gasteiger partial charge in [-0.25, -0.2) is 18.1 Å². The maximum absolute atomic E-state index is 12.2. The highest BCUT2D eigenvalue weighted by atomic mass is 32.2. The molecule has 7 heteroatoms. The van der Waals surface area contributed by atoms with Crippen LogP contribution in [0, 0.1) is 5.92 Å². The molecule has 3 N–H and O–H groups in total. The minimum Gasteiger partial charge on any atom is -0.357 e. The molecular weight excluding hydrogens is 336 g/mol. The molecule has 0 unspecified atom stereocenters. The van der Waals surface area contributed by atoms with Gasteiger partial charge in [0.2, 0.25) is 10.0 Å². The summed E-state index contributed by atoms with van der Waals surface area (Å²) in [5, 5.41) is 6.50. The molecule has 0 radical (unpaired) electrons. The summed E-state index contributed by atoms with van der Waals surface area (Å²) in [6.07, 6.45) is 0. The van der Waals surface area contributed by atoms with Crippen LogP contribution in [0.25, 0.3) is 0 Å². The van der Waals surface area contributed by atoms with Gasteiger partial charge >= 0.3 is 0 Å². The molecule has 1 rings (SSSR count). The standard InChI is InChI=1S/C18H32N4O2S/c1-6-19-18(20-11-14(2)3)21-12-16-9-7-8-10-17(16)13-25(23,24)22-15(4)5/h7-10,14-15,22H,6,11-13H2,1-5H3,(H2,19,20,21). The summed E-state index contributed by atoms with van der Waals surface area (Å²) in [4.78, 5) is 4.59. The fraction of sp³-hybridized carbons (Fsp3) is 0.611. The molecule has 0 spiro atoms. The third-order valence-electron chi connectivity index (χ3n) is 3.31. The van der Waals surface area contributed by atoms with Crippen molar-refractivity contribution in [3.8, 4) is 0 Å². The van der Waals surface area contributed by atoms with E-state index in [9.17, 15) is 8.42 Å². The number of hydrogen-bond donors (Lipinski definition) is 3. The first-order valence-corrected chi connectivity index (χ1v) is 10.5. The Labute approximate surface area is 152 Å². The Kier molecular flexibility index (Phi) is 8.92. The highest BCUT2D eigenvalue weighted by Gasteiger charge is 2.15. The molecule has 1 aromatic carbocycles. The van der Waals surface area contributed by atoms with E-state index in [-0.39, 0.29) is 11.8 Å². The van der Waals surface area contributed by atoms with E-state index in [0.29, 0.717) is 12.5 Å². The highest BCUT2D eigenvalue weighted by Crippen LogP contribution is 2.13. The number of guanidine groups is 1. The third-order valence-corrected chi connectivity index (χ3v) is 4.83. The van der Waals surface area contributed by atoms with Crippen molar-refractivity contribution in [2.24, 2.45) is 10.9 Å². The minimum atomic E-state index is -3.36. The smallest absolute Gasteiger partial charge is 0.216 e. The number of benzene rings is 1. The van der Waals surface area contributed by atoms with Crippen LogP contribution >= 0.6 is 0 Å². The van der Waals surface area contributed by atoms with Gasteiger partial charge in [0.25, 0.3) is 0 Å². The first kappa shape index (κ1) is 21.4. The number of hydrogen-bond acceptors (Lipinski definition) is 3. The molecule has 0 atom stereocenters. The minimum absolute atomic E-state index is 0.0349. The van der Waals surface area contributed by atoms with Gasteiger partial charge in [0, 0.05) is 19.1 Å². The van der Waals surface area contributed by atoms with Crippen LogP contribution in [0.3, 0.4) is 0 Å². The Morgan fingerprint density at radius 2 is 1.72 bits per heavy atom. The van der Waals surface area contributed by atoms with Crippen LogP contribution < -0.4 is 15.4 Å². The Balaban J connectivity index is 2.89. The zero-order valence-corrected chi connectivity index (χ0v) is 16.8. The average molecular weight is 369 g/mol. The zero-order chi connectivity index (χ0) is 18.9. The first-order valence-electron chi connectivity index (χ1n) is 8.82. The number of rotatable bonds is 9. The SMILES string of the molecule is CCNC(=NCc1ccccc1CS(=O)(=O)NC(C)C)NCC(C)C. The fourth-order valence-corrected chi connectivity index (χ4v) is 3.76. The number of nitrogens with zero attached hydrogens (tertiary/aromatic N) is 1. The zero-order valence-electron chi connectivity index (χ0n) is 16.0. The summed E-state index contributed by atoms with van der Waals surface area (Å²) in [6, 6.07) is 7.42. The van der Waals surface area contributed by atoms with Crippen molar-refractivity contribution < 1.29 is 8.42 Å². The van der Waals surface area contributed by atoms with Crippen LogP contribution in [-0.2, 0) is 22.3 Å². The van der Waals surface area contributed by atoms with E-state index in [4.69, 9.17) is 0 Å². The third kappa shape index (κ3) is 8.88. The largest absolute Gasteiger partial charge is 0.357 e. The fourth-order valence-electron chi connectivity index (χ4n) is 2.26. The lowest BCUT2D eigenvalue weighted by Crippen LogP contribution is -2.39. The van der Waals surface area contributed by atoms with Crippen molar-refractivity contribution in [1.82, 2.24) is 15.4 Å². The summed E-state index contributed by atoms with van der Waals surface area (Å²) in [6.45, 7) is 12.0. The van der Waals surface area contributed by atoms with E-state index in [1.54, 1.807) is 0 Å². The lowest BCUT2D eigenvalue weighted by molar-refractivity contribution is 0.569. The maximum Gasteiger partial charge on any atom is 0.216 e. The summed E-state index contributed by atoms with van der Waals surface area (Å²) >= 11 is 0. The van der Waals surface area contributed by atoms with Gasteiger partial charge in [-0.3, -0.25) is 0 Å². The van der Waals surface area contributed by atoms with Crippen LogP contribution in [0.2, 0.25) is 0 Å². The Hall–Kier alpha value is -1.60. The summed E-state index contributed by atoms with van der Waals surface area (Å²) in [5.41, 5.74) is 1.69. The van der Waals surface area contributed by atoms with Crippen LogP contribution in [-0.4, -0.2) is 33.5 Å². The first-order chi connectivity index (χ1) is 11.7. The second-order valence-corrected chi connectivity index (χ2v) is 8.52. The lowest BCUT2D eigenvalue weighted by Gasteiger charge is -2.14. The molecule has 6 nitrogen and oxygen atoms in total. The number of nitrogens with one attached hydrogen (secondary N) is 3. The predicted molar refractivity (Wildman–Crippen MR) is 105 cm³/mol. The van der Waals surface area contributed by atoms with Crippen molar-refractivity contribution >= 4 is 16.0 Å². The lowest BCUT2D eigenvalue weighted by atomic mass is 10.1. The number of sulfonamides is 1. The summed E-state index contributed by atoms with van der Waals surface area (Å²) < 4.78 is 27.0. The summed E-state index contributed by atoms with van der Waals surface area (Å²) in [7, 11) is -3.36. The second-order valence-electron chi connectivity index (χ2n) is 6.77. The quantitative estimate of drug-likeness (QED) is 0.461. The normalized spacial score (nSPS) is 12.7. The van der Waals surface area contributed by atoms with Crippen LogP contribution in [0.4, 0.5) is 0 Å². The molecule has 0 amide bonds. The highest BCUT2D eigenvalue weighted by molar-refractivity contribution is 7.88. The van der Waals surface area contributed by atoms with Gasteiger partial charge in [0.15, 0.2) is 5.96 Å². The monoisotopic (exact) mass is 368 g/mol. The van der Waals surface area contributed by atoms with Crippen molar-refractivity contribution in [2.45, 2.75) is 53.0 Å². The molecule has 25 heavy (non-hydrogen) atoms. The molecule has 0 aliphatic carbocycles. The molecule has 0 aliphatic rings. The van der Waals surface area contributed by atoms with Gasteiger partial charge in [-0.15, -0.1) is 0 Å². The van der Waals surface area contributed by atoms with E-state index in [1.807, 2.05) is 45.0 Å². The van der Waals surface area contributed by atoms with Crippen molar-refractivity contribution in [1.29, 1.82) is 0 Å². The average Bonchev–Trinajstić information content (AvgIpc) is 2.49. The molecular formula is C18H32N4O2S. The van der Waals surface area contributed by atoms with Crippen LogP contribution in [0.15, 0.2) is 29.3 Å². The van der Waals surface area contributed by atoms with Gasteiger partial charge in [-0.1, -0.05) is 38.1 Å². The van der Waals surface area contributed by atoms with Gasteiger partial charge in [0.1, 0.15) is 0 Å². The van der Waals surface area contributed by atoms with Crippen molar-refractivity contribution in [3.05, 3.63) is 35.4 Å². The van der Waals surface area contributed by atoms with E-state index < -0.39 is 10.0 Å². The van der Waals surface area contributed by atoms with E-state index in [0.717, 1.165) is 30.2 Å². The van der Waals surface area contributed by atoms with E-state index >= 15 is 0 Å². The molecule has 0 fully saturated rings. The Morgan fingerprint density at radius 1 is 1.08 bits per heavy atom. The number of aliphatic imine (C=N–C) groups is 1. The van der Waals surface area contributed by atoms with E-state index in [2.05, 4.69) is 34.2 Å². The molecule has 0 heterocycles. The predicted octanol–water partition coefficient (Wildman–Crippen LogP) is 2.23. The molecule has 142 valence electrons. The molecule has 0 aliphatic heterocycles. The van der Waals surface area contributed by atoms with E-state index in [1.165, 1.54) is 0 Å². The molecule has 0 saturated carbocycles. The van der Waals surface area contributed by atoms with Crippen LogP contribution in [0.1, 0.15) is 45.7 Å². The topological polar surface area (TPSA) is 82.6 Å². The second kappa shape index (κ2) is 10.4.